The van der Waals surface area contributed by atoms with Crippen molar-refractivity contribution < 1.29 is 4.79 Å². The van der Waals surface area contributed by atoms with Gasteiger partial charge >= 0.3 is 0 Å². The molecular formula is C5H7NO. The zero-order valence-electron chi connectivity index (χ0n) is 3.98. The summed E-state index contributed by atoms with van der Waals surface area (Å²) in [6, 6.07) is 0. The fourth-order valence-electron chi connectivity index (χ4n) is 0.135. The van der Waals surface area contributed by atoms with Crippen molar-refractivity contribution >= 4 is 6.41 Å². The summed E-state index contributed by atoms with van der Waals surface area (Å²) in [7, 11) is 0. The van der Waals surface area contributed by atoms with Gasteiger partial charge in [0.25, 0.3) is 0 Å². The summed E-state index contributed by atoms with van der Waals surface area (Å²) in [4.78, 5) is 9.55. The van der Waals surface area contributed by atoms with E-state index in [1.54, 1.807) is 0 Å². The molecule has 38 valence electrons. The molecule has 0 atom stereocenters. The molecule has 1 N–H and O–H groups in total. The second-order valence-electron chi connectivity index (χ2n) is 0.992. The molecule has 0 heterocycles. The lowest BCUT2D eigenvalue weighted by molar-refractivity contribution is -0.108. The summed E-state index contributed by atoms with van der Waals surface area (Å²) in [5.74, 6) is 0. The molecule has 0 saturated heterocycles. The standard InChI is InChI=1S/C5H7NO/c1-3-5(2)6-4-7/h3-4H,1-2H2,(H,6,7). The quantitative estimate of drug-likeness (QED) is 0.401. The van der Waals surface area contributed by atoms with Crippen LogP contribution in [0.15, 0.2) is 24.9 Å². The Morgan fingerprint density at radius 2 is 2.29 bits per heavy atom. The van der Waals surface area contributed by atoms with Gasteiger partial charge in [-0.25, -0.2) is 0 Å². The van der Waals surface area contributed by atoms with E-state index in [1.807, 2.05) is 0 Å². The molecule has 0 aromatic carbocycles. The number of amides is 1. The number of carbonyl (C=O) groups excluding carboxylic acids is 1. The minimum Gasteiger partial charge on any atom is -0.329 e. The van der Waals surface area contributed by atoms with Crippen molar-refractivity contribution in [2.45, 2.75) is 0 Å². The van der Waals surface area contributed by atoms with Crippen LogP contribution < -0.4 is 5.32 Å². The molecule has 0 radical (unpaired) electrons. The second kappa shape index (κ2) is 3.15. The number of hydrogen-bond donors (Lipinski definition) is 1. The molecule has 2 heteroatoms. The predicted molar refractivity (Wildman–Crippen MR) is 28.5 cm³/mol. The van der Waals surface area contributed by atoms with E-state index < -0.39 is 0 Å². The number of nitrogens with one attached hydrogen (secondary N) is 1. The van der Waals surface area contributed by atoms with Crippen molar-refractivity contribution in [3.63, 3.8) is 0 Å². The lowest BCUT2D eigenvalue weighted by Gasteiger charge is -1.89. The molecule has 0 saturated carbocycles. The van der Waals surface area contributed by atoms with Crippen molar-refractivity contribution in [2.24, 2.45) is 0 Å². The maximum absolute atomic E-state index is 9.55. The minimum absolute atomic E-state index is 0.523. The molecule has 0 unspecified atom stereocenters. The van der Waals surface area contributed by atoms with Crippen molar-refractivity contribution in [3.05, 3.63) is 24.9 Å². The number of allylic oxidation sites excluding steroid dienone is 1. The van der Waals surface area contributed by atoms with Crippen LogP contribution in [-0.2, 0) is 4.79 Å². The summed E-state index contributed by atoms with van der Waals surface area (Å²) in [5.41, 5.74) is 0.523. The summed E-state index contributed by atoms with van der Waals surface area (Å²) in [6.07, 6.45) is 2.03. The molecule has 0 bridgehead atoms. The van der Waals surface area contributed by atoms with Crippen LogP contribution in [0.25, 0.3) is 0 Å². The van der Waals surface area contributed by atoms with Gasteiger partial charge in [-0.1, -0.05) is 13.2 Å². The molecule has 0 aromatic rings. The highest BCUT2D eigenvalue weighted by molar-refractivity contribution is 5.50. The van der Waals surface area contributed by atoms with Crippen molar-refractivity contribution in [1.82, 2.24) is 5.32 Å². The molecular weight excluding hydrogens is 90.1 g/mol. The summed E-state index contributed by atoms with van der Waals surface area (Å²) in [6.45, 7) is 6.76. The third-order valence-electron chi connectivity index (χ3n) is 0.491. The normalized spacial score (nSPS) is 6.86. The smallest absolute Gasteiger partial charge is 0.211 e. The molecule has 0 rings (SSSR count). The lowest BCUT2D eigenvalue weighted by Crippen LogP contribution is -2.05. The van der Waals surface area contributed by atoms with Gasteiger partial charge in [0.1, 0.15) is 0 Å². The van der Waals surface area contributed by atoms with Gasteiger partial charge in [-0.15, -0.1) is 0 Å². The first-order valence-electron chi connectivity index (χ1n) is 1.82. The Morgan fingerprint density at radius 3 is 2.43 bits per heavy atom. The van der Waals surface area contributed by atoms with Crippen LogP contribution in [-0.4, -0.2) is 6.41 Å². The van der Waals surface area contributed by atoms with Crippen LogP contribution in [0.3, 0.4) is 0 Å². The van der Waals surface area contributed by atoms with Crippen molar-refractivity contribution in [2.75, 3.05) is 0 Å². The van der Waals surface area contributed by atoms with Crippen LogP contribution in [0.2, 0.25) is 0 Å². The van der Waals surface area contributed by atoms with Gasteiger partial charge in [-0.2, -0.15) is 0 Å². The Kier molecular flexibility index (Phi) is 2.68. The predicted octanol–water partition coefficient (Wildman–Crippen LogP) is 0.432. The molecule has 0 aliphatic carbocycles. The van der Waals surface area contributed by atoms with Gasteiger partial charge in [0.15, 0.2) is 0 Å². The number of hydrogen-bond acceptors (Lipinski definition) is 1. The fraction of sp³-hybridized carbons (Fsp3) is 0. The summed E-state index contributed by atoms with van der Waals surface area (Å²) >= 11 is 0. The highest BCUT2D eigenvalue weighted by Crippen LogP contribution is 1.76. The van der Waals surface area contributed by atoms with E-state index in [9.17, 15) is 4.79 Å². The third-order valence-corrected chi connectivity index (χ3v) is 0.491. The van der Waals surface area contributed by atoms with E-state index in [2.05, 4.69) is 18.5 Å². The molecule has 0 aliphatic rings. The van der Waals surface area contributed by atoms with E-state index in [1.165, 1.54) is 6.08 Å². The molecule has 7 heavy (non-hydrogen) atoms. The number of rotatable bonds is 3. The van der Waals surface area contributed by atoms with E-state index in [-0.39, 0.29) is 0 Å². The zero-order valence-corrected chi connectivity index (χ0v) is 3.98. The van der Waals surface area contributed by atoms with Crippen molar-refractivity contribution in [3.8, 4) is 0 Å². The van der Waals surface area contributed by atoms with Gasteiger partial charge in [-0.05, 0) is 6.08 Å². The molecule has 2 nitrogen and oxygen atoms in total. The monoisotopic (exact) mass is 97.1 g/mol. The van der Waals surface area contributed by atoms with Crippen LogP contribution in [0.5, 0.6) is 0 Å². The zero-order chi connectivity index (χ0) is 5.70. The van der Waals surface area contributed by atoms with Gasteiger partial charge in [-0.3, -0.25) is 4.79 Å². The molecule has 0 fully saturated rings. The average molecular weight is 97.1 g/mol. The van der Waals surface area contributed by atoms with Crippen LogP contribution in [0, 0.1) is 0 Å². The van der Waals surface area contributed by atoms with Gasteiger partial charge in [0, 0.05) is 5.70 Å². The highest BCUT2D eigenvalue weighted by Gasteiger charge is 1.74. The molecule has 1 amide bonds. The molecule has 0 aromatic heterocycles. The van der Waals surface area contributed by atoms with E-state index >= 15 is 0 Å². The third kappa shape index (κ3) is 2.76. The molecule has 0 aliphatic heterocycles. The van der Waals surface area contributed by atoms with Gasteiger partial charge in [0.2, 0.25) is 6.41 Å². The van der Waals surface area contributed by atoms with Gasteiger partial charge in [0.05, 0.1) is 0 Å². The van der Waals surface area contributed by atoms with E-state index in [4.69, 9.17) is 0 Å². The topological polar surface area (TPSA) is 29.1 Å². The van der Waals surface area contributed by atoms with Crippen LogP contribution in [0.4, 0.5) is 0 Å². The Labute approximate surface area is 42.5 Å². The minimum atomic E-state index is 0.523. The second-order valence-corrected chi connectivity index (χ2v) is 0.992. The van der Waals surface area contributed by atoms with Crippen molar-refractivity contribution in [1.29, 1.82) is 0 Å². The Morgan fingerprint density at radius 1 is 1.71 bits per heavy atom. The molecule has 0 spiro atoms. The first-order valence-corrected chi connectivity index (χ1v) is 1.82. The highest BCUT2D eigenvalue weighted by atomic mass is 16.1. The average Bonchev–Trinajstić information content (AvgIpc) is 1.68. The van der Waals surface area contributed by atoms with E-state index in [0.717, 1.165) is 0 Å². The largest absolute Gasteiger partial charge is 0.329 e. The lowest BCUT2D eigenvalue weighted by atomic mass is 10.5. The summed E-state index contributed by atoms with van der Waals surface area (Å²) < 4.78 is 0. The first kappa shape index (κ1) is 5.95. The summed E-state index contributed by atoms with van der Waals surface area (Å²) in [5, 5.41) is 2.30. The maximum atomic E-state index is 9.55. The van der Waals surface area contributed by atoms with E-state index in [0.29, 0.717) is 12.1 Å². The van der Waals surface area contributed by atoms with Crippen LogP contribution >= 0.6 is 0 Å². The SMILES string of the molecule is C=CC(=C)NC=O. The first-order chi connectivity index (χ1) is 3.31. The Bertz CT molecular complexity index is 96.3. The maximum Gasteiger partial charge on any atom is 0.211 e. The fourth-order valence-corrected chi connectivity index (χ4v) is 0.135. The number of carbonyl (C=O) groups is 1. The van der Waals surface area contributed by atoms with Crippen LogP contribution in [0.1, 0.15) is 0 Å². The Balaban J connectivity index is 3.36. The van der Waals surface area contributed by atoms with Gasteiger partial charge < -0.3 is 5.32 Å². The Hall–Kier alpha value is -1.05.